The lowest BCUT2D eigenvalue weighted by atomic mass is 9.83. The van der Waals surface area contributed by atoms with E-state index in [9.17, 15) is 14.7 Å². The average molecular weight is 379 g/mol. The molecule has 2 heterocycles. The van der Waals surface area contributed by atoms with Gasteiger partial charge in [0.2, 0.25) is 5.88 Å². The standard InChI is InChI=1S/C21H17NO6/c1-2-26-20(24)17-15(11-7-9-12(23)10-8-11)16-18(28-19(17)22)13-5-3-4-6-14(13)27-21(16)25/h3-10,15,23H,2,22H2,1H3. The van der Waals surface area contributed by atoms with E-state index in [2.05, 4.69) is 0 Å². The Balaban J connectivity index is 2.03. The van der Waals surface area contributed by atoms with Crippen LogP contribution in [-0.4, -0.2) is 17.7 Å². The van der Waals surface area contributed by atoms with Gasteiger partial charge in [-0.25, -0.2) is 9.59 Å². The van der Waals surface area contributed by atoms with Gasteiger partial charge in [0.05, 0.1) is 23.5 Å². The van der Waals surface area contributed by atoms with Crippen molar-refractivity contribution in [2.24, 2.45) is 5.73 Å². The molecule has 0 spiro atoms. The molecule has 2 aromatic carbocycles. The summed E-state index contributed by atoms with van der Waals surface area (Å²) in [7, 11) is 0. The molecule has 0 amide bonds. The van der Waals surface area contributed by atoms with Gasteiger partial charge in [0.1, 0.15) is 16.9 Å². The van der Waals surface area contributed by atoms with E-state index in [-0.39, 0.29) is 35.1 Å². The Morgan fingerprint density at radius 2 is 1.89 bits per heavy atom. The molecular weight excluding hydrogens is 362 g/mol. The predicted molar refractivity (Wildman–Crippen MR) is 101 cm³/mol. The van der Waals surface area contributed by atoms with Gasteiger partial charge >= 0.3 is 11.6 Å². The summed E-state index contributed by atoms with van der Waals surface area (Å²) in [6.45, 7) is 1.81. The van der Waals surface area contributed by atoms with E-state index < -0.39 is 17.5 Å². The van der Waals surface area contributed by atoms with Gasteiger partial charge in [-0.3, -0.25) is 0 Å². The van der Waals surface area contributed by atoms with Crippen molar-refractivity contribution in [2.45, 2.75) is 12.8 Å². The van der Waals surface area contributed by atoms with E-state index in [1.807, 2.05) is 0 Å². The van der Waals surface area contributed by atoms with Crippen LogP contribution in [0.25, 0.3) is 11.0 Å². The molecule has 3 N–H and O–H groups in total. The summed E-state index contributed by atoms with van der Waals surface area (Å²) in [6, 6.07) is 13.1. The van der Waals surface area contributed by atoms with E-state index in [1.165, 1.54) is 12.1 Å². The lowest BCUT2D eigenvalue weighted by molar-refractivity contribution is -0.139. The van der Waals surface area contributed by atoms with Gasteiger partial charge in [-0.15, -0.1) is 0 Å². The first-order valence-electron chi connectivity index (χ1n) is 8.70. The van der Waals surface area contributed by atoms with Crippen LogP contribution in [0.5, 0.6) is 11.5 Å². The Morgan fingerprint density at radius 1 is 1.18 bits per heavy atom. The molecular formula is C21H17NO6. The van der Waals surface area contributed by atoms with Gasteiger partial charge in [0.15, 0.2) is 5.75 Å². The molecule has 1 aromatic heterocycles. The number of fused-ring (bicyclic) bond motifs is 3. The first-order valence-corrected chi connectivity index (χ1v) is 8.70. The number of hydrogen-bond acceptors (Lipinski definition) is 7. The number of carbonyl (C=O) groups is 1. The quantitative estimate of drug-likeness (QED) is 0.531. The van der Waals surface area contributed by atoms with E-state index in [0.29, 0.717) is 16.5 Å². The third-order valence-corrected chi connectivity index (χ3v) is 4.58. The van der Waals surface area contributed by atoms with Gasteiger partial charge in [-0.2, -0.15) is 0 Å². The van der Waals surface area contributed by atoms with Crippen molar-refractivity contribution in [1.29, 1.82) is 0 Å². The zero-order valence-corrected chi connectivity index (χ0v) is 15.0. The second-order valence-corrected chi connectivity index (χ2v) is 6.25. The summed E-state index contributed by atoms with van der Waals surface area (Å²) in [5.74, 6) is -1.38. The minimum absolute atomic E-state index is 0.0163. The highest BCUT2D eigenvalue weighted by atomic mass is 16.5. The van der Waals surface area contributed by atoms with Crippen molar-refractivity contribution in [1.82, 2.24) is 0 Å². The number of phenols is 1. The van der Waals surface area contributed by atoms with Crippen molar-refractivity contribution in [3.63, 3.8) is 0 Å². The van der Waals surface area contributed by atoms with Gasteiger partial charge in [0.25, 0.3) is 0 Å². The van der Waals surface area contributed by atoms with Crippen molar-refractivity contribution < 1.29 is 23.8 Å². The van der Waals surface area contributed by atoms with E-state index >= 15 is 0 Å². The molecule has 0 fully saturated rings. The van der Waals surface area contributed by atoms with E-state index in [1.54, 1.807) is 43.3 Å². The summed E-state index contributed by atoms with van der Waals surface area (Å²) < 4.78 is 16.3. The van der Waals surface area contributed by atoms with Crippen molar-refractivity contribution in [3.05, 3.63) is 81.5 Å². The van der Waals surface area contributed by atoms with E-state index in [4.69, 9.17) is 19.6 Å². The van der Waals surface area contributed by atoms with Crippen LogP contribution < -0.4 is 16.1 Å². The lowest BCUT2D eigenvalue weighted by Gasteiger charge is -2.28. The fourth-order valence-electron chi connectivity index (χ4n) is 3.37. The van der Waals surface area contributed by atoms with Crippen LogP contribution >= 0.6 is 0 Å². The van der Waals surface area contributed by atoms with Crippen molar-refractivity contribution in [3.8, 4) is 11.5 Å². The number of esters is 1. The topological polar surface area (TPSA) is 112 Å². The van der Waals surface area contributed by atoms with E-state index in [0.717, 1.165) is 0 Å². The fraction of sp³-hybridized carbons (Fsp3) is 0.143. The Labute approximate surface area is 159 Å². The highest BCUT2D eigenvalue weighted by molar-refractivity contribution is 5.94. The number of hydrogen-bond donors (Lipinski definition) is 2. The molecule has 0 saturated carbocycles. The molecule has 0 saturated heterocycles. The van der Waals surface area contributed by atoms with Crippen LogP contribution in [0, 0.1) is 0 Å². The molecule has 7 nitrogen and oxygen atoms in total. The second-order valence-electron chi connectivity index (χ2n) is 6.25. The highest BCUT2D eigenvalue weighted by Crippen LogP contribution is 2.44. The number of rotatable bonds is 3. The van der Waals surface area contributed by atoms with Crippen LogP contribution in [0.2, 0.25) is 0 Å². The molecule has 1 aliphatic heterocycles. The summed E-state index contributed by atoms with van der Waals surface area (Å²) in [6.07, 6.45) is 0. The van der Waals surface area contributed by atoms with Gasteiger partial charge in [0, 0.05) is 0 Å². The molecule has 28 heavy (non-hydrogen) atoms. The Hall–Kier alpha value is -3.74. The van der Waals surface area contributed by atoms with Crippen molar-refractivity contribution in [2.75, 3.05) is 6.61 Å². The first kappa shape index (κ1) is 17.7. The zero-order valence-electron chi connectivity index (χ0n) is 15.0. The number of carbonyl (C=O) groups excluding carboxylic acids is 1. The molecule has 0 bridgehead atoms. The summed E-state index contributed by atoms with van der Waals surface area (Å²) in [4.78, 5) is 25.5. The van der Waals surface area contributed by atoms with Crippen LogP contribution in [0.1, 0.15) is 24.0 Å². The van der Waals surface area contributed by atoms with Crippen LogP contribution in [0.15, 0.2) is 69.2 Å². The smallest absolute Gasteiger partial charge is 0.344 e. The van der Waals surface area contributed by atoms with Crippen LogP contribution in [0.4, 0.5) is 0 Å². The molecule has 1 unspecified atom stereocenters. The Kier molecular flexibility index (Phi) is 4.27. The molecule has 0 aliphatic carbocycles. The SMILES string of the molecule is CCOC(=O)C1=C(N)Oc2c(c(=O)oc3ccccc23)C1c1ccc(O)cc1. The second kappa shape index (κ2) is 6.77. The fourth-order valence-corrected chi connectivity index (χ4v) is 3.37. The predicted octanol–water partition coefficient (Wildman–Crippen LogP) is 2.76. The summed E-state index contributed by atoms with van der Waals surface area (Å²) >= 11 is 0. The monoisotopic (exact) mass is 379 g/mol. The van der Waals surface area contributed by atoms with Crippen LogP contribution in [-0.2, 0) is 9.53 Å². The summed E-state index contributed by atoms with van der Waals surface area (Å²) in [5, 5.41) is 10.2. The molecule has 3 aromatic rings. The highest BCUT2D eigenvalue weighted by Gasteiger charge is 2.39. The maximum Gasteiger partial charge on any atom is 0.344 e. The molecule has 0 radical (unpaired) electrons. The maximum absolute atomic E-state index is 12.8. The molecule has 142 valence electrons. The number of nitrogens with two attached hydrogens (primary N) is 1. The molecule has 4 rings (SSSR count). The molecule has 1 aliphatic rings. The third-order valence-electron chi connectivity index (χ3n) is 4.58. The molecule has 1 atom stereocenters. The number of benzene rings is 2. The Morgan fingerprint density at radius 3 is 2.61 bits per heavy atom. The lowest BCUT2D eigenvalue weighted by Crippen LogP contribution is -2.31. The maximum atomic E-state index is 12.8. The number of ether oxygens (including phenoxy) is 2. The van der Waals surface area contributed by atoms with Gasteiger partial charge in [-0.05, 0) is 36.8 Å². The van der Waals surface area contributed by atoms with Gasteiger partial charge in [-0.1, -0.05) is 24.3 Å². The first-order chi connectivity index (χ1) is 13.5. The van der Waals surface area contributed by atoms with Gasteiger partial charge < -0.3 is 24.7 Å². The van der Waals surface area contributed by atoms with Crippen LogP contribution in [0.3, 0.4) is 0 Å². The zero-order chi connectivity index (χ0) is 19.8. The van der Waals surface area contributed by atoms with Crippen molar-refractivity contribution >= 4 is 16.9 Å². The third kappa shape index (κ3) is 2.77. The Bertz CT molecular complexity index is 1160. The summed E-state index contributed by atoms with van der Waals surface area (Å²) in [5.41, 5.74) is 6.55. The minimum atomic E-state index is -0.857. The number of aromatic hydroxyl groups is 1. The molecule has 7 heteroatoms. The average Bonchev–Trinajstić information content (AvgIpc) is 2.68. The largest absolute Gasteiger partial charge is 0.508 e. The number of para-hydroxylation sites is 1. The number of phenolic OH excluding ortho intramolecular Hbond substituents is 1. The normalized spacial score (nSPS) is 15.8. The minimum Gasteiger partial charge on any atom is -0.508 e.